The molecule has 0 aliphatic carbocycles. The molecular weight excluding hydrogens is 356 g/mol. The lowest BCUT2D eigenvalue weighted by molar-refractivity contribution is -0.113. The van der Waals surface area contributed by atoms with Crippen LogP contribution in [0, 0.1) is 6.92 Å². The molecule has 0 saturated carbocycles. The van der Waals surface area contributed by atoms with Gasteiger partial charge in [0.25, 0.3) is 0 Å². The molecule has 2 aromatic rings. The zero-order chi connectivity index (χ0) is 17.7. The molecule has 0 aliphatic heterocycles. The summed E-state index contributed by atoms with van der Waals surface area (Å²) in [5.74, 6) is -3.56. The number of alkyl halides is 2. The Morgan fingerprint density at radius 1 is 1.17 bits per heavy atom. The zero-order valence-electron chi connectivity index (χ0n) is 12.7. The first-order valence-electron chi connectivity index (χ1n) is 6.90. The van der Waals surface area contributed by atoms with Gasteiger partial charge in [-0.05, 0) is 43.3 Å². The maximum Gasteiger partial charge on any atom is 0.341 e. The van der Waals surface area contributed by atoms with Crippen LogP contribution in [0.1, 0.15) is 5.56 Å². The van der Waals surface area contributed by atoms with Crippen LogP contribution in [-0.4, -0.2) is 25.8 Å². The van der Waals surface area contributed by atoms with Gasteiger partial charge < -0.3 is 5.32 Å². The molecule has 0 aromatic heterocycles. The molecule has 1 amide bonds. The zero-order valence-corrected chi connectivity index (χ0v) is 14.3. The van der Waals surface area contributed by atoms with Crippen LogP contribution in [0.25, 0.3) is 0 Å². The number of aryl methyl sites for hydroxylation is 1. The second-order valence-corrected chi connectivity index (χ2v) is 7.95. The Kier molecular flexibility index (Phi) is 5.95. The number of sulfone groups is 1. The number of hydrogen-bond donors (Lipinski definition) is 1. The minimum absolute atomic E-state index is 0.181. The summed E-state index contributed by atoms with van der Waals surface area (Å²) in [6, 6.07) is 12.4. The van der Waals surface area contributed by atoms with Gasteiger partial charge in [0.15, 0.2) is 0 Å². The highest BCUT2D eigenvalue weighted by Gasteiger charge is 2.26. The van der Waals surface area contributed by atoms with Crippen molar-refractivity contribution in [2.45, 2.75) is 22.5 Å². The Hall–Kier alpha value is -1.93. The fourth-order valence-corrected chi connectivity index (χ4v) is 3.42. The predicted molar refractivity (Wildman–Crippen MR) is 90.2 cm³/mol. The summed E-state index contributed by atoms with van der Waals surface area (Å²) in [7, 11) is -4.62. The summed E-state index contributed by atoms with van der Waals surface area (Å²) in [5, 5.41) is 2.59. The molecule has 0 saturated heterocycles. The molecule has 1 N–H and O–H groups in total. The van der Waals surface area contributed by atoms with Crippen LogP contribution >= 0.6 is 11.8 Å². The minimum atomic E-state index is -4.62. The van der Waals surface area contributed by atoms with Crippen LogP contribution in [0.5, 0.6) is 0 Å². The molecular formula is C16H15F2NO3S2. The smallest absolute Gasteiger partial charge is 0.325 e. The number of carbonyl (C=O) groups excluding carboxylic acids is 1. The van der Waals surface area contributed by atoms with E-state index in [-0.39, 0.29) is 11.7 Å². The van der Waals surface area contributed by atoms with Crippen LogP contribution in [0.2, 0.25) is 0 Å². The Bertz CT molecular complexity index is 821. The van der Waals surface area contributed by atoms with Gasteiger partial charge in [0.05, 0.1) is 10.6 Å². The molecule has 0 heterocycles. The van der Waals surface area contributed by atoms with E-state index in [1.165, 1.54) is 23.9 Å². The number of amides is 1. The largest absolute Gasteiger partial charge is 0.341 e. The fourth-order valence-electron chi connectivity index (χ4n) is 1.88. The van der Waals surface area contributed by atoms with E-state index in [1.54, 1.807) is 0 Å². The second-order valence-electron chi connectivity index (χ2n) is 4.98. The lowest BCUT2D eigenvalue weighted by atomic mass is 10.2. The molecule has 2 rings (SSSR count). The molecule has 0 aliphatic rings. The summed E-state index contributed by atoms with van der Waals surface area (Å²) in [4.78, 5) is 12.4. The number of rotatable bonds is 6. The molecule has 0 fully saturated rings. The fraction of sp³-hybridized carbons (Fsp3) is 0.188. The number of benzene rings is 2. The van der Waals surface area contributed by atoms with Gasteiger partial charge in [0.1, 0.15) is 0 Å². The van der Waals surface area contributed by atoms with Crippen LogP contribution < -0.4 is 5.32 Å². The van der Waals surface area contributed by atoms with Crippen LogP contribution in [0.15, 0.2) is 58.3 Å². The van der Waals surface area contributed by atoms with Crippen LogP contribution in [0.4, 0.5) is 14.5 Å². The van der Waals surface area contributed by atoms with E-state index in [0.717, 1.165) is 22.6 Å². The Morgan fingerprint density at radius 2 is 1.83 bits per heavy atom. The van der Waals surface area contributed by atoms with E-state index < -0.39 is 20.5 Å². The van der Waals surface area contributed by atoms with E-state index in [4.69, 9.17) is 0 Å². The van der Waals surface area contributed by atoms with Gasteiger partial charge in [0, 0.05) is 10.6 Å². The number of hydrogen-bond acceptors (Lipinski definition) is 4. The van der Waals surface area contributed by atoms with Crippen molar-refractivity contribution in [1.82, 2.24) is 0 Å². The monoisotopic (exact) mass is 371 g/mol. The highest BCUT2D eigenvalue weighted by molar-refractivity contribution is 8.00. The minimum Gasteiger partial charge on any atom is -0.325 e. The van der Waals surface area contributed by atoms with Gasteiger partial charge >= 0.3 is 5.76 Å². The quantitative estimate of drug-likeness (QED) is 0.786. The molecule has 0 unspecified atom stereocenters. The summed E-state index contributed by atoms with van der Waals surface area (Å²) >= 11 is 1.37. The Balaban J connectivity index is 1.95. The number of thioether (sulfide) groups is 1. The highest BCUT2D eigenvalue weighted by atomic mass is 32.2. The topological polar surface area (TPSA) is 63.2 Å². The van der Waals surface area contributed by atoms with E-state index in [9.17, 15) is 22.0 Å². The first-order valence-corrected chi connectivity index (χ1v) is 9.43. The highest BCUT2D eigenvalue weighted by Crippen LogP contribution is 2.21. The van der Waals surface area contributed by atoms with Gasteiger partial charge in [-0.25, -0.2) is 8.42 Å². The number of anilines is 1. The van der Waals surface area contributed by atoms with Gasteiger partial charge in [-0.2, -0.15) is 8.78 Å². The molecule has 0 spiro atoms. The summed E-state index contributed by atoms with van der Waals surface area (Å²) in [5.41, 5.74) is 1.44. The summed E-state index contributed by atoms with van der Waals surface area (Å²) in [6.07, 6.45) is 0. The average Bonchev–Trinajstić information content (AvgIpc) is 2.53. The summed E-state index contributed by atoms with van der Waals surface area (Å²) in [6.45, 7) is 1.96. The third kappa shape index (κ3) is 4.78. The van der Waals surface area contributed by atoms with Gasteiger partial charge in [-0.3, -0.25) is 4.79 Å². The average molecular weight is 371 g/mol. The standard InChI is InChI=1S/C16H15F2NO3S2/c1-11-3-2-4-13(9-11)23-10-15(20)19-12-5-7-14(8-6-12)24(21,22)16(17)18/h2-9,16H,10H2,1H3,(H,19,20). The maximum absolute atomic E-state index is 12.4. The molecule has 4 nitrogen and oxygen atoms in total. The van der Waals surface area contributed by atoms with E-state index in [0.29, 0.717) is 5.69 Å². The van der Waals surface area contributed by atoms with Gasteiger partial charge in [-0.1, -0.05) is 17.7 Å². The van der Waals surface area contributed by atoms with Crippen LogP contribution in [0.3, 0.4) is 0 Å². The molecule has 2 aromatic carbocycles. The number of halogens is 2. The van der Waals surface area contributed by atoms with Gasteiger partial charge in [0.2, 0.25) is 15.7 Å². The molecule has 0 radical (unpaired) electrons. The lowest BCUT2D eigenvalue weighted by Gasteiger charge is -2.07. The van der Waals surface area contributed by atoms with Crippen molar-refractivity contribution in [3.8, 4) is 0 Å². The third-order valence-electron chi connectivity index (χ3n) is 3.06. The molecule has 128 valence electrons. The van der Waals surface area contributed by atoms with Crippen molar-refractivity contribution in [2.75, 3.05) is 11.1 Å². The van der Waals surface area contributed by atoms with E-state index in [1.807, 2.05) is 31.2 Å². The third-order valence-corrected chi connectivity index (χ3v) is 5.45. The molecule has 24 heavy (non-hydrogen) atoms. The predicted octanol–water partition coefficient (Wildman–Crippen LogP) is 3.72. The van der Waals surface area contributed by atoms with Crippen molar-refractivity contribution in [3.05, 3.63) is 54.1 Å². The Morgan fingerprint density at radius 3 is 2.42 bits per heavy atom. The molecule has 0 atom stereocenters. The second kappa shape index (κ2) is 7.76. The Labute approximate surface area is 143 Å². The number of nitrogens with one attached hydrogen (secondary N) is 1. The van der Waals surface area contributed by atoms with Crippen molar-refractivity contribution >= 4 is 33.2 Å². The SMILES string of the molecule is Cc1cccc(SCC(=O)Nc2ccc(S(=O)(=O)C(F)F)cc2)c1. The maximum atomic E-state index is 12.4. The van der Waals surface area contributed by atoms with Crippen LogP contribution in [-0.2, 0) is 14.6 Å². The number of carbonyl (C=O) groups is 1. The van der Waals surface area contributed by atoms with Crippen molar-refractivity contribution in [2.24, 2.45) is 0 Å². The van der Waals surface area contributed by atoms with E-state index >= 15 is 0 Å². The normalized spacial score (nSPS) is 11.5. The molecule has 0 bridgehead atoms. The molecule has 8 heteroatoms. The van der Waals surface area contributed by atoms with E-state index in [2.05, 4.69) is 5.32 Å². The van der Waals surface area contributed by atoms with Crippen molar-refractivity contribution < 1.29 is 22.0 Å². The van der Waals surface area contributed by atoms with Crippen molar-refractivity contribution in [1.29, 1.82) is 0 Å². The first-order chi connectivity index (χ1) is 11.3. The first kappa shape index (κ1) is 18.4. The summed E-state index contributed by atoms with van der Waals surface area (Å²) < 4.78 is 47.5. The van der Waals surface area contributed by atoms with Crippen molar-refractivity contribution in [3.63, 3.8) is 0 Å². The van der Waals surface area contributed by atoms with Gasteiger partial charge in [-0.15, -0.1) is 11.8 Å². The lowest BCUT2D eigenvalue weighted by Crippen LogP contribution is -2.14.